The summed E-state index contributed by atoms with van der Waals surface area (Å²) in [7, 11) is 1.41. The molecule has 1 aromatic heterocycles. The normalized spacial score (nSPS) is 10.8. The number of benzene rings is 1. The van der Waals surface area contributed by atoms with Gasteiger partial charge in [-0.25, -0.2) is 9.18 Å². The molecule has 0 aliphatic heterocycles. The molecule has 0 N–H and O–H groups in total. The number of rotatable bonds is 5. The summed E-state index contributed by atoms with van der Waals surface area (Å²) >= 11 is 9.17. The second kappa shape index (κ2) is 7.19. The van der Waals surface area contributed by atoms with Crippen molar-refractivity contribution < 1.29 is 23.4 Å². The second-order valence-corrected chi connectivity index (χ2v) is 5.45. The first-order valence-corrected chi connectivity index (χ1v) is 7.99. The van der Waals surface area contributed by atoms with Gasteiger partial charge in [-0.1, -0.05) is 27.5 Å². The first-order valence-electron chi connectivity index (χ1n) is 6.49. The Balaban J connectivity index is 2.65. The topological polar surface area (TPSA) is 49.7 Å². The first-order chi connectivity index (χ1) is 10.5. The van der Waals surface area contributed by atoms with Crippen LogP contribution in [-0.2, 0) is 11.3 Å². The van der Waals surface area contributed by atoms with Crippen molar-refractivity contribution in [2.24, 2.45) is 0 Å². The minimum Gasteiger partial charge on any atom is -0.491 e. The van der Waals surface area contributed by atoms with Gasteiger partial charge in [0.2, 0.25) is 0 Å². The van der Waals surface area contributed by atoms with Gasteiger partial charge < -0.3 is 18.8 Å². The number of nitrogens with zero attached hydrogens (tertiary/aromatic N) is 1. The maximum absolute atomic E-state index is 13.7. The molecule has 5 nitrogen and oxygen atoms in total. The molecule has 0 atom stereocenters. The minimum absolute atomic E-state index is 0.0221. The summed E-state index contributed by atoms with van der Waals surface area (Å²) in [4.78, 5) is 11.6. The van der Waals surface area contributed by atoms with Crippen molar-refractivity contribution in [2.45, 2.75) is 13.5 Å². The van der Waals surface area contributed by atoms with Crippen LogP contribution in [0.4, 0.5) is 9.18 Å². The quantitative estimate of drug-likeness (QED) is 0.558. The van der Waals surface area contributed by atoms with Crippen LogP contribution in [0.1, 0.15) is 6.92 Å². The lowest BCUT2D eigenvalue weighted by Gasteiger charge is -2.10. The van der Waals surface area contributed by atoms with Crippen LogP contribution in [0.15, 0.2) is 12.1 Å². The zero-order chi connectivity index (χ0) is 16.3. The molecule has 22 heavy (non-hydrogen) atoms. The van der Waals surface area contributed by atoms with Crippen molar-refractivity contribution in [3.05, 3.63) is 23.0 Å². The Morgan fingerprint density at radius 2 is 2.18 bits per heavy atom. The SMILES string of the molecule is CCOC(=O)Oc1c(OC)c2cc(F)c(Cl)cc2n1CCBr. The van der Waals surface area contributed by atoms with E-state index in [4.69, 9.17) is 25.8 Å². The molecule has 8 heteroatoms. The highest BCUT2D eigenvalue weighted by molar-refractivity contribution is 9.09. The van der Waals surface area contributed by atoms with Crippen molar-refractivity contribution >= 4 is 44.6 Å². The van der Waals surface area contributed by atoms with Crippen LogP contribution >= 0.6 is 27.5 Å². The number of hydrogen-bond acceptors (Lipinski definition) is 4. The molecule has 1 heterocycles. The highest BCUT2D eigenvalue weighted by Gasteiger charge is 2.23. The largest absolute Gasteiger partial charge is 0.515 e. The van der Waals surface area contributed by atoms with E-state index in [9.17, 15) is 9.18 Å². The summed E-state index contributed by atoms with van der Waals surface area (Å²) in [5, 5.41) is 1.03. The molecule has 2 aromatic rings. The molecule has 0 amide bonds. The van der Waals surface area contributed by atoms with Crippen LogP contribution in [0.25, 0.3) is 10.9 Å². The van der Waals surface area contributed by atoms with Gasteiger partial charge in [-0.2, -0.15) is 0 Å². The maximum atomic E-state index is 13.7. The maximum Gasteiger partial charge on any atom is 0.515 e. The fourth-order valence-corrected chi connectivity index (χ4v) is 2.63. The number of methoxy groups -OCH3 is 1. The lowest BCUT2D eigenvalue weighted by molar-refractivity contribution is 0.0999. The Hall–Kier alpha value is -1.47. The number of halogens is 3. The molecule has 0 spiro atoms. The number of ether oxygens (including phenoxy) is 3. The average molecular weight is 395 g/mol. The summed E-state index contributed by atoms with van der Waals surface area (Å²) in [5.41, 5.74) is 0.599. The molecular weight excluding hydrogens is 381 g/mol. The van der Waals surface area contributed by atoms with Crippen molar-refractivity contribution in [3.8, 4) is 11.6 Å². The lowest BCUT2D eigenvalue weighted by Crippen LogP contribution is -2.14. The number of fused-ring (bicyclic) bond motifs is 1. The Morgan fingerprint density at radius 3 is 2.77 bits per heavy atom. The molecule has 0 saturated heterocycles. The van der Waals surface area contributed by atoms with Crippen molar-refractivity contribution in [3.63, 3.8) is 0 Å². The average Bonchev–Trinajstić information content (AvgIpc) is 2.73. The molecule has 0 radical (unpaired) electrons. The number of hydrogen-bond donors (Lipinski definition) is 0. The van der Waals surface area contributed by atoms with Gasteiger partial charge in [0.15, 0.2) is 5.75 Å². The summed E-state index contributed by atoms with van der Waals surface area (Å²) in [5.74, 6) is -0.178. The van der Waals surface area contributed by atoms with Crippen LogP contribution in [-0.4, -0.2) is 29.8 Å². The molecule has 0 fully saturated rings. The Labute approximate surface area is 140 Å². The van der Waals surface area contributed by atoms with Gasteiger partial charge in [0.1, 0.15) is 5.82 Å². The van der Waals surface area contributed by atoms with E-state index < -0.39 is 12.0 Å². The predicted molar refractivity (Wildman–Crippen MR) is 84.9 cm³/mol. The third kappa shape index (κ3) is 3.15. The standard InChI is InChI=1S/C14H14BrClFNO4/c1-3-21-14(19)22-13-12(20-2)8-6-10(17)9(16)7-11(8)18(13)5-4-15/h6-7H,3-5H2,1-2H3. The zero-order valence-corrected chi connectivity index (χ0v) is 14.3. The summed E-state index contributed by atoms with van der Waals surface area (Å²) < 4.78 is 30.7. The molecule has 0 aliphatic rings. The van der Waals surface area contributed by atoms with Gasteiger partial charge in [-0.15, -0.1) is 0 Å². The molecule has 1 aromatic carbocycles. The first kappa shape index (κ1) is 16.9. The summed E-state index contributed by atoms with van der Waals surface area (Å²) in [6.07, 6.45) is -0.856. The van der Waals surface area contributed by atoms with Crippen LogP contribution in [0.2, 0.25) is 5.02 Å². The van der Waals surface area contributed by atoms with Gasteiger partial charge in [0.25, 0.3) is 5.88 Å². The third-order valence-corrected chi connectivity index (χ3v) is 3.61. The van der Waals surface area contributed by atoms with Crippen LogP contribution in [0.5, 0.6) is 11.6 Å². The molecule has 0 saturated carbocycles. The van der Waals surface area contributed by atoms with E-state index in [-0.39, 0.29) is 23.3 Å². The molecule has 0 bridgehead atoms. The van der Waals surface area contributed by atoms with Crippen molar-refractivity contribution in [2.75, 3.05) is 19.0 Å². The summed E-state index contributed by atoms with van der Waals surface area (Å²) in [6, 6.07) is 2.72. The van der Waals surface area contributed by atoms with E-state index >= 15 is 0 Å². The highest BCUT2D eigenvalue weighted by atomic mass is 79.9. The second-order valence-electron chi connectivity index (χ2n) is 4.25. The van der Waals surface area contributed by atoms with Gasteiger partial charge in [-0.05, 0) is 19.1 Å². The molecule has 0 unspecified atom stereocenters. The van der Waals surface area contributed by atoms with E-state index in [0.717, 1.165) is 0 Å². The van der Waals surface area contributed by atoms with Crippen molar-refractivity contribution in [1.29, 1.82) is 0 Å². The van der Waals surface area contributed by atoms with Gasteiger partial charge in [0, 0.05) is 17.3 Å². The predicted octanol–water partition coefficient (Wildman–Crippen LogP) is 4.37. The molecule has 0 aliphatic carbocycles. The highest BCUT2D eigenvalue weighted by Crippen LogP contribution is 2.41. The molecule has 120 valence electrons. The molecular formula is C14H14BrClFNO4. The van der Waals surface area contributed by atoms with E-state index in [1.54, 1.807) is 11.5 Å². The number of aromatic nitrogens is 1. The number of carbonyl (C=O) groups excluding carboxylic acids is 1. The Bertz CT molecular complexity index is 704. The number of aryl methyl sites for hydroxylation is 1. The van der Waals surface area contributed by atoms with Crippen LogP contribution in [0.3, 0.4) is 0 Å². The van der Waals surface area contributed by atoms with Crippen LogP contribution in [0, 0.1) is 5.82 Å². The Kier molecular flexibility index (Phi) is 5.52. The smallest absolute Gasteiger partial charge is 0.491 e. The molecule has 2 rings (SSSR count). The van der Waals surface area contributed by atoms with Gasteiger partial charge in [-0.3, -0.25) is 0 Å². The van der Waals surface area contributed by atoms with Gasteiger partial charge >= 0.3 is 6.16 Å². The van der Waals surface area contributed by atoms with E-state index in [2.05, 4.69) is 15.9 Å². The summed E-state index contributed by atoms with van der Waals surface area (Å²) in [6.45, 7) is 2.32. The van der Waals surface area contributed by atoms with E-state index in [1.165, 1.54) is 19.2 Å². The van der Waals surface area contributed by atoms with Crippen LogP contribution < -0.4 is 9.47 Å². The fourth-order valence-electron chi connectivity index (χ4n) is 2.12. The fraction of sp³-hybridized carbons (Fsp3) is 0.357. The Morgan fingerprint density at radius 1 is 1.45 bits per heavy atom. The lowest BCUT2D eigenvalue weighted by atomic mass is 10.2. The monoisotopic (exact) mass is 393 g/mol. The zero-order valence-electron chi connectivity index (χ0n) is 12.0. The van der Waals surface area contributed by atoms with E-state index in [1.807, 2.05) is 0 Å². The minimum atomic E-state index is -0.856. The third-order valence-electron chi connectivity index (χ3n) is 2.97. The number of alkyl halides is 1. The van der Waals surface area contributed by atoms with Gasteiger partial charge in [0.05, 0.1) is 24.3 Å². The van der Waals surface area contributed by atoms with Crippen molar-refractivity contribution in [1.82, 2.24) is 4.57 Å². The number of carbonyl (C=O) groups is 1. The van der Waals surface area contributed by atoms with E-state index in [0.29, 0.717) is 22.8 Å².